The quantitative estimate of drug-likeness (QED) is 0.599. The number of benzene rings is 1. The molecule has 0 aliphatic rings. The van der Waals surface area contributed by atoms with Gasteiger partial charge in [-0.1, -0.05) is 6.07 Å². The summed E-state index contributed by atoms with van der Waals surface area (Å²) in [5.41, 5.74) is 1.60. The summed E-state index contributed by atoms with van der Waals surface area (Å²) >= 11 is 0. The smallest absolute Gasteiger partial charge is 0.136 e. The molecule has 1 aromatic carbocycles. The monoisotopic (exact) mass is 214 g/mol. The van der Waals surface area contributed by atoms with E-state index in [0.29, 0.717) is 24.3 Å². The van der Waals surface area contributed by atoms with Crippen LogP contribution in [-0.4, -0.2) is 13.7 Å². The molecule has 0 aliphatic carbocycles. The van der Waals surface area contributed by atoms with Crippen LogP contribution in [0.5, 0.6) is 5.75 Å². The topological polar surface area (TPSA) is 45.0 Å². The maximum Gasteiger partial charge on any atom is 0.136 e. The van der Waals surface area contributed by atoms with Gasteiger partial charge in [0.05, 0.1) is 12.7 Å². The number of nitrogens with one attached hydrogen (secondary N) is 1. The Morgan fingerprint density at radius 2 is 2.31 bits per heavy atom. The van der Waals surface area contributed by atoms with E-state index in [1.165, 1.54) is 0 Å². The highest BCUT2D eigenvalue weighted by atomic mass is 16.5. The molecule has 0 radical (unpaired) electrons. The molecule has 0 saturated heterocycles. The fraction of sp³-hybridized carbons (Fsp3) is 0.308. The standard InChI is InChI=1S/C13H14N2O/c1-3-4-7-15-10-11-5-6-13(16-2)12(8-11)9-14/h1,5-6,8,15H,4,7,10H2,2H3. The predicted octanol–water partition coefficient (Wildman–Crippen LogP) is 1.68. The Morgan fingerprint density at radius 1 is 1.50 bits per heavy atom. The Kier molecular flexibility index (Phi) is 4.92. The predicted molar refractivity (Wildman–Crippen MR) is 62.9 cm³/mol. The van der Waals surface area contributed by atoms with Gasteiger partial charge in [-0.05, 0) is 17.7 Å². The molecule has 0 aliphatic heterocycles. The highest BCUT2D eigenvalue weighted by Gasteiger charge is 2.02. The summed E-state index contributed by atoms with van der Waals surface area (Å²) in [5.74, 6) is 3.17. The van der Waals surface area contributed by atoms with Gasteiger partial charge in [-0.2, -0.15) is 5.26 Å². The fourth-order valence-corrected chi connectivity index (χ4v) is 1.35. The maximum absolute atomic E-state index is 8.91. The highest BCUT2D eigenvalue weighted by Crippen LogP contribution is 2.18. The lowest BCUT2D eigenvalue weighted by atomic mass is 10.1. The number of rotatable bonds is 5. The van der Waals surface area contributed by atoms with Crippen molar-refractivity contribution in [3.05, 3.63) is 29.3 Å². The van der Waals surface area contributed by atoms with E-state index in [9.17, 15) is 0 Å². The Bertz CT molecular complexity index is 427. The van der Waals surface area contributed by atoms with Gasteiger partial charge in [-0.15, -0.1) is 12.3 Å². The van der Waals surface area contributed by atoms with Crippen LogP contribution in [0.15, 0.2) is 18.2 Å². The zero-order valence-corrected chi connectivity index (χ0v) is 9.29. The first-order valence-corrected chi connectivity index (χ1v) is 5.03. The molecule has 0 aromatic heterocycles. The van der Waals surface area contributed by atoms with E-state index < -0.39 is 0 Å². The number of hydrogen-bond donors (Lipinski definition) is 1. The van der Waals surface area contributed by atoms with Crippen molar-refractivity contribution < 1.29 is 4.74 Å². The average Bonchev–Trinajstić information content (AvgIpc) is 2.34. The Labute approximate surface area is 96.0 Å². The molecular formula is C13H14N2O. The van der Waals surface area contributed by atoms with Gasteiger partial charge in [0.2, 0.25) is 0 Å². The van der Waals surface area contributed by atoms with Gasteiger partial charge in [-0.3, -0.25) is 0 Å². The van der Waals surface area contributed by atoms with Gasteiger partial charge in [0, 0.05) is 19.5 Å². The molecular weight excluding hydrogens is 200 g/mol. The van der Waals surface area contributed by atoms with Crippen LogP contribution in [0.3, 0.4) is 0 Å². The van der Waals surface area contributed by atoms with Gasteiger partial charge in [0.15, 0.2) is 0 Å². The van der Waals surface area contributed by atoms with Gasteiger partial charge in [-0.25, -0.2) is 0 Å². The van der Waals surface area contributed by atoms with Crippen LogP contribution in [0, 0.1) is 23.7 Å². The highest BCUT2D eigenvalue weighted by molar-refractivity contribution is 5.45. The zero-order valence-electron chi connectivity index (χ0n) is 9.29. The molecule has 0 amide bonds. The van der Waals surface area contributed by atoms with Gasteiger partial charge in [0.25, 0.3) is 0 Å². The summed E-state index contributed by atoms with van der Waals surface area (Å²) in [5, 5.41) is 12.1. The first kappa shape index (κ1) is 12.1. The van der Waals surface area contributed by atoms with Crippen LogP contribution in [0.1, 0.15) is 17.5 Å². The lowest BCUT2D eigenvalue weighted by molar-refractivity contribution is 0.413. The van der Waals surface area contributed by atoms with Crippen molar-refractivity contribution in [3.63, 3.8) is 0 Å². The number of ether oxygens (including phenoxy) is 1. The first-order chi connectivity index (χ1) is 7.81. The lowest BCUT2D eigenvalue weighted by Gasteiger charge is -2.06. The van der Waals surface area contributed by atoms with Crippen molar-refractivity contribution in [3.8, 4) is 24.2 Å². The Balaban J connectivity index is 2.62. The molecule has 3 heteroatoms. The van der Waals surface area contributed by atoms with Crippen LogP contribution >= 0.6 is 0 Å². The normalized spacial score (nSPS) is 9.19. The van der Waals surface area contributed by atoms with Crippen LogP contribution in [0.2, 0.25) is 0 Å². The second-order valence-electron chi connectivity index (χ2n) is 3.28. The Hall–Kier alpha value is -1.97. The summed E-state index contributed by atoms with van der Waals surface area (Å²) in [6.45, 7) is 1.49. The molecule has 0 bridgehead atoms. The average molecular weight is 214 g/mol. The summed E-state index contributed by atoms with van der Waals surface area (Å²) in [4.78, 5) is 0. The molecule has 0 spiro atoms. The van der Waals surface area contributed by atoms with Crippen molar-refractivity contribution in [2.24, 2.45) is 0 Å². The van der Waals surface area contributed by atoms with Crippen LogP contribution in [0.4, 0.5) is 0 Å². The van der Waals surface area contributed by atoms with E-state index in [-0.39, 0.29) is 0 Å². The molecule has 0 saturated carbocycles. The molecule has 1 rings (SSSR count). The summed E-state index contributed by atoms with van der Waals surface area (Å²) in [6, 6.07) is 7.66. The fourth-order valence-electron chi connectivity index (χ4n) is 1.35. The van der Waals surface area contributed by atoms with Crippen molar-refractivity contribution in [1.29, 1.82) is 5.26 Å². The minimum absolute atomic E-state index is 0.554. The summed E-state index contributed by atoms with van der Waals surface area (Å²) < 4.78 is 5.06. The summed E-state index contributed by atoms with van der Waals surface area (Å²) in [7, 11) is 1.56. The van der Waals surface area contributed by atoms with E-state index in [1.54, 1.807) is 13.2 Å². The number of terminal acetylenes is 1. The second-order valence-corrected chi connectivity index (χ2v) is 3.28. The van der Waals surface area contributed by atoms with Crippen LogP contribution in [-0.2, 0) is 6.54 Å². The third kappa shape index (κ3) is 3.31. The largest absolute Gasteiger partial charge is 0.495 e. The first-order valence-electron chi connectivity index (χ1n) is 5.03. The molecule has 16 heavy (non-hydrogen) atoms. The molecule has 1 N–H and O–H groups in total. The van der Waals surface area contributed by atoms with E-state index in [2.05, 4.69) is 17.3 Å². The summed E-state index contributed by atoms with van der Waals surface area (Å²) in [6.07, 6.45) is 5.85. The molecule has 0 fully saturated rings. The van der Waals surface area contributed by atoms with Crippen molar-refractivity contribution in [2.75, 3.05) is 13.7 Å². The second kappa shape index (κ2) is 6.50. The zero-order chi connectivity index (χ0) is 11.8. The van der Waals surface area contributed by atoms with Gasteiger partial charge < -0.3 is 10.1 Å². The molecule has 1 aromatic rings. The third-order valence-corrected chi connectivity index (χ3v) is 2.16. The number of nitriles is 1. The lowest BCUT2D eigenvalue weighted by Crippen LogP contribution is -2.14. The molecule has 3 nitrogen and oxygen atoms in total. The van der Waals surface area contributed by atoms with Crippen LogP contribution < -0.4 is 10.1 Å². The van der Waals surface area contributed by atoms with E-state index in [0.717, 1.165) is 12.1 Å². The number of methoxy groups -OCH3 is 1. The molecule has 0 atom stereocenters. The number of hydrogen-bond acceptors (Lipinski definition) is 3. The van der Waals surface area contributed by atoms with Crippen molar-refractivity contribution >= 4 is 0 Å². The van der Waals surface area contributed by atoms with E-state index in [1.807, 2.05) is 12.1 Å². The van der Waals surface area contributed by atoms with E-state index >= 15 is 0 Å². The third-order valence-electron chi connectivity index (χ3n) is 2.16. The van der Waals surface area contributed by atoms with Gasteiger partial charge in [0.1, 0.15) is 11.8 Å². The van der Waals surface area contributed by atoms with Gasteiger partial charge >= 0.3 is 0 Å². The van der Waals surface area contributed by atoms with Crippen molar-refractivity contribution in [1.82, 2.24) is 5.32 Å². The SMILES string of the molecule is C#CCCNCc1ccc(OC)c(C#N)c1. The molecule has 0 heterocycles. The minimum Gasteiger partial charge on any atom is -0.495 e. The van der Waals surface area contributed by atoms with Crippen molar-refractivity contribution in [2.45, 2.75) is 13.0 Å². The van der Waals surface area contributed by atoms with Crippen LogP contribution in [0.25, 0.3) is 0 Å². The number of nitrogens with zero attached hydrogens (tertiary/aromatic N) is 1. The van der Waals surface area contributed by atoms with E-state index in [4.69, 9.17) is 16.4 Å². The maximum atomic E-state index is 8.91. The molecule has 0 unspecified atom stereocenters. The Morgan fingerprint density at radius 3 is 2.94 bits per heavy atom. The molecule has 82 valence electrons. The minimum atomic E-state index is 0.554.